The smallest absolute Gasteiger partial charge is 0.333 e. The van der Waals surface area contributed by atoms with Crippen LogP contribution in [0.4, 0.5) is 0 Å². The molecule has 0 radical (unpaired) electrons. The van der Waals surface area contributed by atoms with Gasteiger partial charge in [-0.2, -0.15) is 0 Å². The summed E-state index contributed by atoms with van der Waals surface area (Å²) >= 11 is 0. The molecule has 3 N–H and O–H groups in total. The van der Waals surface area contributed by atoms with Gasteiger partial charge < -0.3 is 34.6 Å². The first kappa shape index (κ1) is 24.9. The zero-order valence-electron chi connectivity index (χ0n) is 21.6. The first-order valence-electron chi connectivity index (χ1n) is 13.0. The number of esters is 1. The number of nitrogens with one attached hydrogen (secondary N) is 1. The number of hydrogen-bond donors (Lipinski definition) is 3. The molecule has 2 heterocycles. The normalized spacial score (nSPS) is 30.3. The second-order valence-corrected chi connectivity index (χ2v) is 10.8. The SMILES string of the molecule is COc1ccc2c3c1O[C@H]1C(OC(=O)C(C)NC(=O)[C@@H](O)c4ccccc4)=CC[C@@]4(O)[C@@H](C2)N(C)CC[C@]314. The number of likely N-dealkylation sites (tertiary alicyclic amines) is 1. The molecule has 2 aliphatic heterocycles. The molecule has 9 nitrogen and oxygen atoms in total. The van der Waals surface area contributed by atoms with Gasteiger partial charge in [-0.05, 0) is 56.6 Å². The molecule has 1 unspecified atom stereocenters. The number of carbonyl (C=O) groups is 2. The van der Waals surface area contributed by atoms with Gasteiger partial charge in [-0.25, -0.2) is 4.79 Å². The number of piperidine rings is 1. The summed E-state index contributed by atoms with van der Waals surface area (Å²) in [4.78, 5) is 27.9. The molecule has 0 aromatic heterocycles. The van der Waals surface area contributed by atoms with Gasteiger partial charge in [-0.3, -0.25) is 4.79 Å². The van der Waals surface area contributed by atoms with Crippen LogP contribution in [0.25, 0.3) is 0 Å². The lowest BCUT2D eigenvalue weighted by Gasteiger charge is -2.61. The van der Waals surface area contributed by atoms with Gasteiger partial charge in [0.2, 0.25) is 0 Å². The molecular formula is C29H32N2O7. The molecule has 9 heteroatoms. The van der Waals surface area contributed by atoms with Crippen LogP contribution in [-0.2, 0) is 26.2 Å². The van der Waals surface area contributed by atoms with Gasteiger partial charge >= 0.3 is 5.97 Å². The highest BCUT2D eigenvalue weighted by molar-refractivity contribution is 5.87. The minimum atomic E-state index is -1.41. The van der Waals surface area contributed by atoms with Crippen LogP contribution >= 0.6 is 0 Å². The minimum Gasteiger partial charge on any atom is -0.493 e. The predicted octanol–water partition coefficient (Wildman–Crippen LogP) is 1.75. The lowest BCUT2D eigenvalue weighted by atomic mass is 9.50. The van der Waals surface area contributed by atoms with Crippen molar-refractivity contribution < 1.29 is 34.0 Å². The van der Waals surface area contributed by atoms with E-state index in [2.05, 4.69) is 10.2 Å². The molecule has 2 aromatic rings. The molecule has 1 amide bonds. The number of nitrogens with zero attached hydrogens (tertiary/aromatic N) is 1. The van der Waals surface area contributed by atoms with Crippen molar-refractivity contribution in [3.8, 4) is 11.5 Å². The van der Waals surface area contributed by atoms with Gasteiger partial charge in [0.15, 0.2) is 23.7 Å². The minimum absolute atomic E-state index is 0.111. The molecule has 2 bridgehead atoms. The van der Waals surface area contributed by atoms with Crippen molar-refractivity contribution in [1.82, 2.24) is 10.2 Å². The van der Waals surface area contributed by atoms with E-state index in [0.717, 1.165) is 17.7 Å². The van der Waals surface area contributed by atoms with Crippen molar-refractivity contribution in [2.75, 3.05) is 20.7 Å². The van der Waals surface area contributed by atoms with E-state index in [0.29, 0.717) is 42.1 Å². The van der Waals surface area contributed by atoms with Crippen LogP contribution in [0, 0.1) is 0 Å². The molecule has 38 heavy (non-hydrogen) atoms. The van der Waals surface area contributed by atoms with Gasteiger partial charge in [0.05, 0.1) is 18.1 Å². The van der Waals surface area contributed by atoms with E-state index in [1.165, 1.54) is 6.92 Å². The number of ether oxygens (including phenoxy) is 3. The molecule has 2 aliphatic carbocycles. The maximum atomic E-state index is 13.1. The molecule has 4 aliphatic rings. The van der Waals surface area contributed by atoms with Crippen molar-refractivity contribution in [3.63, 3.8) is 0 Å². The number of benzene rings is 2. The van der Waals surface area contributed by atoms with E-state index in [-0.39, 0.29) is 6.04 Å². The average Bonchev–Trinajstić information content (AvgIpc) is 3.28. The fourth-order valence-corrected chi connectivity index (χ4v) is 6.93. The molecule has 1 fully saturated rings. The van der Waals surface area contributed by atoms with Crippen molar-refractivity contribution in [2.24, 2.45) is 0 Å². The number of amides is 1. The van der Waals surface area contributed by atoms with Crippen molar-refractivity contribution in [2.45, 2.75) is 61.5 Å². The maximum Gasteiger partial charge on any atom is 0.333 e. The number of hydrogen-bond acceptors (Lipinski definition) is 8. The highest BCUT2D eigenvalue weighted by Crippen LogP contribution is 2.65. The Hall–Kier alpha value is -3.40. The van der Waals surface area contributed by atoms with E-state index < -0.39 is 41.1 Å². The van der Waals surface area contributed by atoms with Gasteiger partial charge in [0, 0.05) is 18.0 Å². The molecule has 6 rings (SSSR count). The van der Waals surface area contributed by atoms with Crippen LogP contribution in [0.2, 0.25) is 0 Å². The molecular weight excluding hydrogens is 488 g/mol. The van der Waals surface area contributed by atoms with E-state index in [1.54, 1.807) is 43.5 Å². The maximum absolute atomic E-state index is 13.1. The Balaban J connectivity index is 1.28. The predicted molar refractivity (Wildman–Crippen MR) is 137 cm³/mol. The van der Waals surface area contributed by atoms with E-state index in [4.69, 9.17) is 14.2 Å². The number of methoxy groups -OCH3 is 1. The van der Waals surface area contributed by atoms with Gasteiger partial charge in [-0.15, -0.1) is 0 Å². The van der Waals surface area contributed by atoms with Crippen LogP contribution in [0.1, 0.15) is 42.6 Å². The number of aliphatic hydroxyl groups excluding tert-OH is 1. The highest BCUT2D eigenvalue weighted by atomic mass is 16.6. The third kappa shape index (κ3) is 3.35. The summed E-state index contributed by atoms with van der Waals surface area (Å²) in [5.74, 6) is 0.106. The second kappa shape index (κ2) is 8.83. The molecule has 1 saturated heterocycles. The van der Waals surface area contributed by atoms with Crippen LogP contribution in [-0.4, -0.2) is 71.5 Å². The number of carbonyl (C=O) groups excluding carboxylic acids is 2. The molecule has 6 atom stereocenters. The average molecular weight is 521 g/mol. The summed E-state index contributed by atoms with van der Waals surface area (Å²) < 4.78 is 18.0. The van der Waals surface area contributed by atoms with Gasteiger partial charge in [0.1, 0.15) is 11.8 Å². The Kier molecular flexibility index (Phi) is 5.79. The Morgan fingerprint density at radius 1 is 1.21 bits per heavy atom. The molecule has 2 aromatic carbocycles. The number of rotatable bonds is 6. The summed E-state index contributed by atoms with van der Waals surface area (Å²) in [6, 6.07) is 11.3. The number of aliphatic hydroxyl groups is 2. The molecule has 200 valence electrons. The fraction of sp³-hybridized carbons (Fsp3) is 0.448. The van der Waals surface area contributed by atoms with Crippen molar-refractivity contribution in [1.29, 1.82) is 0 Å². The van der Waals surface area contributed by atoms with Gasteiger partial charge in [-0.1, -0.05) is 36.4 Å². The lowest BCUT2D eigenvalue weighted by Crippen LogP contribution is -2.74. The highest BCUT2D eigenvalue weighted by Gasteiger charge is 2.72. The first-order valence-corrected chi connectivity index (χ1v) is 13.0. The van der Waals surface area contributed by atoms with E-state index in [9.17, 15) is 19.8 Å². The lowest BCUT2D eigenvalue weighted by molar-refractivity contribution is -0.170. The largest absolute Gasteiger partial charge is 0.493 e. The quantitative estimate of drug-likeness (QED) is 0.494. The number of likely N-dealkylation sites (N-methyl/N-ethyl adjacent to an activating group) is 1. The summed E-state index contributed by atoms with van der Waals surface area (Å²) in [7, 11) is 3.61. The first-order chi connectivity index (χ1) is 18.2. The summed E-state index contributed by atoms with van der Waals surface area (Å²) in [6.45, 7) is 2.27. The summed E-state index contributed by atoms with van der Waals surface area (Å²) in [6.07, 6.45) is 1.22. The van der Waals surface area contributed by atoms with Gasteiger partial charge in [0.25, 0.3) is 5.91 Å². The Labute approximate surface area is 221 Å². The zero-order chi connectivity index (χ0) is 26.8. The molecule has 1 spiro atoms. The fourth-order valence-electron chi connectivity index (χ4n) is 6.93. The standard InChI is InChI=1S/C29H32N2O7/c1-16(30-26(33)23(32)17-7-5-4-6-8-17)27(34)37-20-11-12-29(35)21-15-18-9-10-19(36-3)24-22(18)28(29,25(20)38-24)13-14-31(21)2/h4-11,16,21,23,25,32,35H,12-15H2,1-3H3,(H,30,33)/t16?,21-,23+,25+,28+,29-/m1/s1. The Morgan fingerprint density at radius 3 is 2.71 bits per heavy atom. The molecule has 0 saturated carbocycles. The van der Waals surface area contributed by atoms with Crippen molar-refractivity contribution in [3.05, 3.63) is 71.0 Å². The summed E-state index contributed by atoms with van der Waals surface area (Å²) in [5.41, 5.74) is 0.581. The second-order valence-electron chi connectivity index (χ2n) is 10.8. The van der Waals surface area contributed by atoms with Crippen LogP contribution < -0.4 is 14.8 Å². The zero-order valence-corrected chi connectivity index (χ0v) is 21.6. The monoisotopic (exact) mass is 520 g/mol. The van der Waals surface area contributed by atoms with Crippen LogP contribution in [0.15, 0.2) is 54.3 Å². The third-order valence-corrected chi connectivity index (χ3v) is 8.85. The third-order valence-electron chi connectivity index (χ3n) is 8.85. The van der Waals surface area contributed by atoms with Crippen LogP contribution in [0.3, 0.4) is 0 Å². The Bertz CT molecular complexity index is 1330. The summed E-state index contributed by atoms with van der Waals surface area (Å²) in [5, 5.41) is 25.2. The Morgan fingerprint density at radius 2 is 1.97 bits per heavy atom. The van der Waals surface area contributed by atoms with E-state index in [1.807, 2.05) is 19.2 Å². The van der Waals surface area contributed by atoms with Crippen molar-refractivity contribution >= 4 is 11.9 Å². The van der Waals surface area contributed by atoms with E-state index >= 15 is 0 Å². The topological polar surface area (TPSA) is 118 Å². The van der Waals surface area contributed by atoms with Crippen LogP contribution in [0.5, 0.6) is 11.5 Å².